The number of ether oxygens (including phenoxy) is 1. The van der Waals surface area contributed by atoms with E-state index in [0.29, 0.717) is 6.54 Å². The van der Waals surface area contributed by atoms with E-state index < -0.39 is 11.9 Å². The van der Waals surface area contributed by atoms with Gasteiger partial charge in [0.15, 0.2) is 11.6 Å². The number of likely N-dealkylation sites (N-methyl/N-ethyl adjacent to an activating group) is 1. The van der Waals surface area contributed by atoms with Gasteiger partial charge in [-0.3, -0.25) is 4.90 Å². The van der Waals surface area contributed by atoms with Gasteiger partial charge in [0.2, 0.25) is 0 Å². The van der Waals surface area contributed by atoms with Gasteiger partial charge in [-0.25, -0.2) is 9.37 Å². The zero-order valence-electron chi connectivity index (χ0n) is 12.1. The van der Waals surface area contributed by atoms with Gasteiger partial charge < -0.3 is 9.84 Å². The van der Waals surface area contributed by atoms with Crippen molar-refractivity contribution >= 4 is 11.3 Å². The standard InChI is InChI=1S/C15H19FN2O2S/c1-11-17-7-13(21-11)9-18(2)8-12(19)10-20-15-6-4-3-5-14(15)16/h3-7,12,19H,8-10H2,1-2H3/t12-/m1/s1. The summed E-state index contributed by atoms with van der Waals surface area (Å²) in [7, 11) is 1.92. The summed E-state index contributed by atoms with van der Waals surface area (Å²) in [6.07, 6.45) is 1.17. The van der Waals surface area contributed by atoms with Gasteiger partial charge in [-0.15, -0.1) is 11.3 Å². The summed E-state index contributed by atoms with van der Waals surface area (Å²) in [5.74, 6) is -0.254. The van der Waals surface area contributed by atoms with Crippen molar-refractivity contribution in [1.29, 1.82) is 0 Å². The summed E-state index contributed by atoms with van der Waals surface area (Å²) in [6.45, 7) is 3.20. The molecule has 1 N–H and O–H groups in total. The largest absolute Gasteiger partial charge is 0.488 e. The Kier molecular flexibility index (Phi) is 5.67. The third-order valence-corrected chi connectivity index (χ3v) is 3.78. The van der Waals surface area contributed by atoms with E-state index in [1.807, 2.05) is 25.1 Å². The number of aromatic nitrogens is 1. The van der Waals surface area contributed by atoms with Crippen LogP contribution in [0.1, 0.15) is 9.88 Å². The molecule has 114 valence electrons. The van der Waals surface area contributed by atoms with E-state index >= 15 is 0 Å². The molecular formula is C15H19FN2O2S. The second-order valence-electron chi connectivity index (χ2n) is 4.94. The van der Waals surface area contributed by atoms with E-state index in [1.54, 1.807) is 29.5 Å². The number of hydrogen-bond donors (Lipinski definition) is 1. The maximum absolute atomic E-state index is 13.4. The molecule has 6 heteroatoms. The van der Waals surface area contributed by atoms with Crippen molar-refractivity contribution in [3.05, 3.63) is 46.2 Å². The van der Waals surface area contributed by atoms with Gasteiger partial charge in [0.1, 0.15) is 12.7 Å². The Morgan fingerprint density at radius 1 is 1.43 bits per heavy atom. The van der Waals surface area contributed by atoms with Crippen molar-refractivity contribution in [3.63, 3.8) is 0 Å². The first-order chi connectivity index (χ1) is 10.0. The van der Waals surface area contributed by atoms with Crippen LogP contribution in [0.3, 0.4) is 0 Å². The van der Waals surface area contributed by atoms with Crippen molar-refractivity contribution < 1.29 is 14.2 Å². The molecular weight excluding hydrogens is 291 g/mol. The Labute approximate surface area is 127 Å². The third kappa shape index (κ3) is 5.08. The summed E-state index contributed by atoms with van der Waals surface area (Å²) in [5.41, 5.74) is 0. The highest BCUT2D eigenvalue weighted by molar-refractivity contribution is 7.11. The summed E-state index contributed by atoms with van der Waals surface area (Å²) < 4.78 is 18.7. The number of thiazole rings is 1. The first-order valence-corrected chi connectivity index (χ1v) is 7.51. The maximum Gasteiger partial charge on any atom is 0.165 e. The highest BCUT2D eigenvalue weighted by Gasteiger charge is 2.12. The molecule has 0 aliphatic heterocycles. The first kappa shape index (κ1) is 15.9. The second kappa shape index (κ2) is 7.49. The molecule has 0 saturated heterocycles. The zero-order chi connectivity index (χ0) is 15.2. The summed E-state index contributed by atoms with van der Waals surface area (Å²) >= 11 is 1.64. The van der Waals surface area contributed by atoms with E-state index in [4.69, 9.17) is 4.74 Å². The molecule has 1 aromatic carbocycles. The van der Waals surface area contributed by atoms with Crippen LogP contribution in [0.4, 0.5) is 4.39 Å². The molecule has 0 aliphatic carbocycles. The number of rotatable bonds is 7. The fourth-order valence-electron chi connectivity index (χ4n) is 1.97. The van der Waals surface area contributed by atoms with Crippen LogP contribution in [0.25, 0.3) is 0 Å². The monoisotopic (exact) mass is 310 g/mol. The maximum atomic E-state index is 13.4. The number of nitrogens with zero attached hydrogens (tertiary/aromatic N) is 2. The molecule has 0 aliphatic rings. The minimum Gasteiger partial charge on any atom is -0.488 e. The van der Waals surface area contributed by atoms with Crippen LogP contribution in [0, 0.1) is 12.7 Å². The fourth-order valence-corrected chi connectivity index (χ4v) is 2.84. The number of aliphatic hydroxyl groups excluding tert-OH is 1. The van der Waals surface area contributed by atoms with Crippen molar-refractivity contribution in [2.75, 3.05) is 20.2 Å². The van der Waals surface area contributed by atoms with Crippen molar-refractivity contribution in [2.24, 2.45) is 0 Å². The number of benzene rings is 1. The Morgan fingerprint density at radius 3 is 2.86 bits per heavy atom. The average Bonchev–Trinajstić information content (AvgIpc) is 2.83. The molecule has 0 fully saturated rings. The average molecular weight is 310 g/mol. The Balaban J connectivity index is 1.76. The molecule has 1 heterocycles. The summed E-state index contributed by atoms with van der Waals surface area (Å²) in [5, 5.41) is 11.0. The summed E-state index contributed by atoms with van der Waals surface area (Å²) in [4.78, 5) is 7.34. The smallest absolute Gasteiger partial charge is 0.165 e. The number of halogens is 1. The van der Waals surface area contributed by atoms with Crippen LogP contribution in [-0.2, 0) is 6.54 Å². The van der Waals surface area contributed by atoms with E-state index in [2.05, 4.69) is 4.98 Å². The van der Waals surface area contributed by atoms with Gasteiger partial charge in [-0.05, 0) is 26.1 Å². The van der Waals surface area contributed by atoms with Gasteiger partial charge in [0.25, 0.3) is 0 Å². The van der Waals surface area contributed by atoms with Crippen molar-refractivity contribution in [1.82, 2.24) is 9.88 Å². The lowest BCUT2D eigenvalue weighted by Gasteiger charge is -2.20. The quantitative estimate of drug-likeness (QED) is 0.853. The molecule has 0 saturated carbocycles. The van der Waals surface area contributed by atoms with E-state index in [9.17, 15) is 9.50 Å². The highest BCUT2D eigenvalue weighted by Crippen LogP contribution is 2.16. The van der Waals surface area contributed by atoms with Crippen LogP contribution >= 0.6 is 11.3 Å². The molecule has 2 rings (SSSR count). The Hall–Kier alpha value is -1.50. The van der Waals surface area contributed by atoms with Crippen molar-refractivity contribution in [2.45, 2.75) is 19.6 Å². The second-order valence-corrected chi connectivity index (χ2v) is 6.26. The fraction of sp³-hybridized carbons (Fsp3) is 0.400. The van der Waals surface area contributed by atoms with Crippen molar-refractivity contribution in [3.8, 4) is 5.75 Å². The number of hydrogen-bond acceptors (Lipinski definition) is 5. The molecule has 0 bridgehead atoms. The molecule has 4 nitrogen and oxygen atoms in total. The van der Waals surface area contributed by atoms with Gasteiger partial charge in [-0.1, -0.05) is 12.1 Å². The number of aliphatic hydroxyl groups is 1. The van der Waals surface area contributed by atoms with E-state index in [1.165, 1.54) is 6.07 Å². The normalized spacial score (nSPS) is 12.6. The van der Waals surface area contributed by atoms with E-state index in [0.717, 1.165) is 16.4 Å². The number of para-hydroxylation sites is 1. The third-order valence-electron chi connectivity index (χ3n) is 2.89. The minimum atomic E-state index is -0.677. The predicted molar refractivity (Wildman–Crippen MR) is 81.1 cm³/mol. The van der Waals surface area contributed by atoms with Crippen LogP contribution in [-0.4, -0.2) is 41.3 Å². The molecule has 0 spiro atoms. The highest BCUT2D eigenvalue weighted by atomic mass is 32.1. The molecule has 1 atom stereocenters. The SMILES string of the molecule is Cc1ncc(CN(C)C[C@@H](O)COc2ccccc2F)s1. The summed E-state index contributed by atoms with van der Waals surface area (Å²) in [6, 6.07) is 6.18. The molecule has 2 aromatic rings. The van der Waals surface area contributed by atoms with Crippen LogP contribution < -0.4 is 4.74 Å². The molecule has 0 amide bonds. The molecule has 0 unspecified atom stereocenters. The van der Waals surface area contributed by atoms with Gasteiger partial charge in [-0.2, -0.15) is 0 Å². The van der Waals surface area contributed by atoms with Crippen LogP contribution in [0.2, 0.25) is 0 Å². The van der Waals surface area contributed by atoms with Crippen LogP contribution in [0.15, 0.2) is 30.5 Å². The Bertz CT molecular complexity index is 576. The lowest BCUT2D eigenvalue weighted by atomic mass is 10.3. The lowest BCUT2D eigenvalue weighted by Crippen LogP contribution is -2.32. The van der Waals surface area contributed by atoms with Crippen LogP contribution in [0.5, 0.6) is 5.75 Å². The predicted octanol–water partition coefficient (Wildman–Crippen LogP) is 2.46. The van der Waals surface area contributed by atoms with Gasteiger partial charge >= 0.3 is 0 Å². The van der Waals surface area contributed by atoms with E-state index in [-0.39, 0.29) is 12.4 Å². The zero-order valence-corrected chi connectivity index (χ0v) is 12.9. The Morgan fingerprint density at radius 2 is 2.19 bits per heavy atom. The molecule has 0 radical (unpaired) electrons. The topological polar surface area (TPSA) is 45.6 Å². The lowest BCUT2D eigenvalue weighted by molar-refractivity contribution is 0.0731. The molecule has 1 aromatic heterocycles. The minimum absolute atomic E-state index is 0.0625. The molecule has 21 heavy (non-hydrogen) atoms. The first-order valence-electron chi connectivity index (χ1n) is 6.70. The van der Waals surface area contributed by atoms with Gasteiger partial charge in [0.05, 0.1) is 5.01 Å². The van der Waals surface area contributed by atoms with Gasteiger partial charge in [0, 0.05) is 24.2 Å². The number of aryl methyl sites for hydroxylation is 1.